The standard InChI is InChI=1S/C15H22N2O3/c1-11-9-12(15(18)19-2)3-4-14(11)20-8-5-13-10-16-6-7-17-13/h3-4,9,13,16-17H,5-8,10H2,1-2H3. The number of rotatable bonds is 5. The van der Waals surface area contributed by atoms with E-state index in [9.17, 15) is 4.79 Å². The second-order valence-electron chi connectivity index (χ2n) is 4.96. The lowest BCUT2D eigenvalue weighted by atomic mass is 10.1. The minimum Gasteiger partial charge on any atom is -0.493 e. The van der Waals surface area contributed by atoms with Gasteiger partial charge in [-0.1, -0.05) is 0 Å². The van der Waals surface area contributed by atoms with Gasteiger partial charge < -0.3 is 20.1 Å². The minimum atomic E-state index is -0.322. The molecule has 1 fully saturated rings. The Hall–Kier alpha value is -1.59. The van der Waals surface area contributed by atoms with Gasteiger partial charge in [-0.25, -0.2) is 4.79 Å². The number of carbonyl (C=O) groups is 1. The number of piperazine rings is 1. The number of ether oxygens (including phenoxy) is 2. The van der Waals surface area contributed by atoms with Crippen LogP contribution in [0, 0.1) is 6.92 Å². The van der Waals surface area contributed by atoms with Crippen LogP contribution < -0.4 is 15.4 Å². The molecule has 1 aliphatic rings. The number of benzene rings is 1. The lowest BCUT2D eigenvalue weighted by molar-refractivity contribution is 0.0600. The molecule has 1 saturated heterocycles. The molecule has 2 N–H and O–H groups in total. The second-order valence-corrected chi connectivity index (χ2v) is 4.96. The topological polar surface area (TPSA) is 59.6 Å². The number of aryl methyl sites for hydroxylation is 1. The van der Waals surface area contributed by atoms with Gasteiger partial charge in [-0.3, -0.25) is 0 Å². The van der Waals surface area contributed by atoms with Crippen LogP contribution in [0.25, 0.3) is 0 Å². The van der Waals surface area contributed by atoms with Crippen molar-refractivity contribution in [2.75, 3.05) is 33.4 Å². The molecule has 1 heterocycles. The molecule has 1 aliphatic heterocycles. The molecule has 110 valence electrons. The highest BCUT2D eigenvalue weighted by molar-refractivity contribution is 5.89. The first-order valence-corrected chi connectivity index (χ1v) is 6.96. The molecule has 20 heavy (non-hydrogen) atoms. The zero-order chi connectivity index (χ0) is 14.4. The summed E-state index contributed by atoms with van der Waals surface area (Å²) in [6.07, 6.45) is 0.963. The van der Waals surface area contributed by atoms with Gasteiger partial charge in [0.05, 0.1) is 19.3 Å². The normalized spacial score (nSPS) is 18.6. The van der Waals surface area contributed by atoms with E-state index in [1.54, 1.807) is 12.1 Å². The van der Waals surface area contributed by atoms with Gasteiger partial charge in [0, 0.05) is 25.7 Å². The predicted octanol–water partition coefficient (Wildman–Crippen LogP) is 1.11. The summed E-state index contributed by atoms with van der Waals surface area (Å²) in [5, 5.41) is 6.80. The number of carbonyl (C=O) groups excluding carboxylic acids is 1. The molecule has 2 rings (SSSR count). The predicted molar refractivity (Wildman–Crippen MR) is 77.3 cm³/mol. The highest BCUT2D eigenvalue weighted by Gasteiger charge is 2.12. The van der Waals surface area contributed by atoms with E-state index >= 15 is 0 Å². The minimum absolute atomic E-state index is 0.322. The number of methoxy groups -OCH3 is 1. The molecule has 0 saturated carbocycles. The second kappa shape index (κ2) is 7.26. The van der Waals surface area contributed by atoms with Crippen LogP contribution in [-0.4, -0.2) is 45.4 Å². The van der Waals surface area contributed by atoms with Crippen LogP contribution in [0.1, 0.15) is 22.3 Å². The molecule has 0 spiro atoms. The fourth-order valence-corrected chi connectivity index (χ4v) is 2.28. The fraction of sp³-hybridized carbons (Fsp3) is 0.533. The first kappa shape index (κ1) is 14.8. The van der Waals surface area contributed by atoms with Crippen LogP contribution in [0.4, 0.5) is 0 Å². The van der Waals surface area contributed by atoms with Crippen molar-refractivity contribution in [3.8, 4) is 5.75 Å². The molecule has 1 unspecified atom stereocenters. The van der Waals surface area contributed by atoms with Crippen molar-refractivity contribution in [1.29, 1.82) is 0 Å². The van der Waals surface area contributed by atoms with Crippen molar-refractivity contribution in [3.05, 3.63) is 29.3 Å². The zero-order valence-corrected chi connectivity index (χ0v) is 12.1. The maximum absolute atomic E-state index is 11.4. The van der Waals surface area contributed by atoms with E-state index < -0.39 is 0 Å². The Morgan fingerprint density at radius 2 is 2.25 bits per heavy atom. The van der Waals surface area contributed by atoms with Crippen LogP contribution in [0.5, 0.6) is 5.75 Å². The molecule has 0 bridgehead atoms. The first-order chi connectivity index (χ1) is 9.70. The molecule has 0 aromatic heterocycles. The maximum Gasteiger partial charge on any atom is 0.337 e. The maximum atomic E-state index is 11.4. The number of hydrogen-bond donors (Lipinski definition) is 2. The quantitative estimate of drug-likeness (QED) is 0.790. The Bertz CT molecular complexity index is 456. The molecule has 5 heteroatoms. The monoisotopic (exact) mass is 278 g/mol. The van der Waals surface area contributed by atoms with Crippen molar-refractivity contribution in [2.24, 2.45) is 0 Å². The molecule has 0 radical (unpaired) electrons. The Labute approximate surface area is 119 Å². The van der Waals surface area contributed by atoms with Crippen LogP contribution in [0.2, 0.25) is 0 Å². The third-order valence-electron chi connectivity index (χ3n) is 3.45. The molecule has 5 nitrogen and oxygen atoms in total. The smallest absolute Gasteiger partial charge is 0.337 e. The van der Waals surface area contributed by atoms with Gasteiger partial charge in [0.1, 0.15) is 5.75 Å². The summed E-state index contributed by atoms with van der Waals surface area (Å²) in [4.78, 5) is 11.4. The van der Waals surface area contributed by atoms with E-state index in [4.69, 9.17) is 9.47 Å². The van der Waals surface area contributed by atoms with E-state index in [1.165, 1.54) is 7.11 Å². The summed E-state index contributed by atoms with van der Waals surface area (Å²) in [5.41, 5.74) is 1.50. The zero-order valence-electron chi connectivity index (χ0n) is 12.1. The van der Waals surface area contributed by atoms with Gasteiger partial charge in [-0.05, 0) is 37.1 Å². The molecule has 1 aromatic rings. The van der Waals surface area contributed by atoms with Crippen molar-refractivity contribution in [2.45, 2.75) is 19.4 Å². The molecule has 0 amide bonds. The van der Waals surface area contributed by atoms with E-state index in [2.05, 4.69) is 10.6 Å². The van der Waals surface area contributed by atoms with E-state index in [-0.39, 0.29) is 5.97 Å². The highest BCUT2D eigenvalue weighted by Crippen LogP contribution is 2.20. The lowest BCUT2D eigenvalue weighted by Gasteiger charge is -2.24. The average molecular weight is 278 g/mol. The van der Waals surface area contributed by atoms with Crippen LogP contribution >= 0.6 is 0 Å². The van der Waals surface area contributed by atoms with Gasteiger partial charge >= 0.3 is 5.97 Å². The third-order valence-corrected chi connectivity index (χ3v) is 3.45. The van der Waals surface area contributed by atoms with Crippen LogP contribution in [-0.2, 0) is 4.74 Å². The van der Waals surface area contributed by atoms with Crippen LogP contribution in [0.3, 0.4) is 0 Å². The molecular weight excluding hydrogens is 256 g/mol. The van der Waals surface area contributed by atoms with Gasteiger partial charge in [0.15, 0.2) is 0 Å². The first-order valence-electron chi connectivity index (χ1n) is 6.96. The highest BCUT2D eigenvalue weighted by atomic mass is 16.5. The number of esters is 1. The van der Waals surface area contributed by atoms with Crippen LogP contribution in [0.15, 0.2) is 18.2 Å². The summed E-state index contributed by atoms with van der Waals surface area (Å²) < 4.78 is 10.5. The molecule has 0 aliphatic carbocycles. The van der Waals surface area contributed by atoms with Crippen molar-refractivity contribution >= 4 is 5.97 Å². The summed E-state index contributed by atoms with van der Waals surface area (Å²) in [6.45, 7) is 5.63. The van der Waals surface area contributed by atoms with Crippen molar-refractivity contribution in [3.63, 3.8) is 0 Å². The number of hydrogen-bond acceptors (Lipinski definition) is 5. The van der Waals surface area contributed by atoms with Crippen molar-refractivity contribution < 1.29 is 14.3 Å². The Kier molecular flexibility index (Phi) is 5.38. The van der Waals surface area contributed by atoms with E-state index in [0.717, 1.165) is 37.4 Å². The fourth-order valence-electron chi connectivity index (χ4n) is 2.28. The van der Waals surface area contributed by atoms with Gasteiger partial charge in [0.2, 0.25) is 0 Å². The summed E-state index contributed by atoms with van der Waals surface area (Å²) in [5.74, 6) is 0.499. The van der Waals surface area contributed by atoms with Crippen molar-refractivity contribution in [1.82, 2.24) is 10.6 Å². The summed E-state index contributed by atoms with van der Waals surface area (Å²) in [6, 6.07) is 5.82. The molecule has 1 atom stereocenters. The summed E-state index contributed by atoms with van der Waals surface area (Å²) in [7, 11) is 1.38. The lowest BCUT2D eigenvalue weighted by Crippen LogP contribution is -2.48. The number of nitrogens with one attached hydrogen (secondary N) is 2. The largest absolute Gasteiger partial charge is 0.493 e. The average Bonchev–Trinajstić information content (AvgIpc) is 2.49. The Morgan fingerprint density at radius 3 is 2.90 bits per heavy atom. The van der Waals surface area contributed by atoms with Gasteiger partial charge in [-0.2, -0.15) is 0 Å². The van der Waals surface area contributed by atoms with Gasteiger partial charge in [0.25, 0.3) is 0 Å². The van der Waals surface area contributed by atoms with Gasteiger partial charge in [-0.15, -0.1) is 0 Å². The van der Waals surface area contributed by atoms with E-state index in [0.29, 0.717) is 18.2 Å². The molecular formula is C15H22N2O3. The Morgan fingerprint density at radius 1 is 1.40 bits per heavy atom. The SMILES string of the molecule is COC(=O)c1ccc(OCCC2CNCCN2)c(C)c1. The Balaban J connectivity index is 1.84. The summed E-state index contributed by atoms with van der Waals surface area (Å²) >= 11 is 0. The van der Waals surface area contributed by atoms with E-state index in [1.807, 2.05) is 13.0 Å². The molecule has 1 aromatic carbocycles. The third kappa shape index (κ3) is 3.95.